The minimum absolute atomic E-state index is 0.0419. The lowest BCUT2D eigenvalue weighted by Crippen LogP contribution is -2.61. The Morgan fingerprint density at radius 2 is 1.51 bits per heavy atom. The van der Waals surface area contributed by atoms with Gasteiger partial charge in [0.2, 0.25) is 12.6 Å². The Hall–Kier alpha value is -4.30. The second kappa shape index (κ2) is 12.6. The number of benzene rings is 1. The van der Waals surface area contributed by atoms with E-state index in [2.05, 4.69) is 0 Å². The average molecular weight is 526 g/mol. The van der Waals surface area contributed by atoms with Crippen molar-refractivity contribution in [2.45, 2.75) is 64.1 Å². The summed E-state index contributed by atoms with van der Waals surface area (Å²) in [6.07, 6.45) is -6.92. The fraction of sp³-hybridized carbons (Fsp3) is 0.545. The van der Waals surface area contributed by atoms with E-state index in [4.69, 9.17) is 23.7 Å². The van der Waals surface area contributed by atoms with E-state index in [-0.39, 0.29) is 11.3 Å². The van der Waals surface area contributed by atoms with Crippen LogP contribution in [0.2, 0.25) is 0 Å². The van der Waals surface area contributed by atoms with Gasteiger partial charge in [0.25, 0.3) is 6.04 Å². The molecule has 1 aliphatic heterocycles. The lowest BCUT2D eigenvalue weighted by atomic mass is 9.82. The van der Waals surface area contributed by atoms with Gasteiger partial charge in [0.1, 0.15) is 18.3 Å². The molecule has 1 aliphatic rings. The van der Waals surface area contributed by atoms with E-state index in [1.54, 1.807) is 0 Å². The molecule has 0 saturated heterocycles. The molecular formula is C22H26N2O13. The van der Waals surface area contributed by atoms with Crippen molar-refractivity contribution in [3.8, 4) is 5.75 Å². The Bertz CT molecular complexity index is 1060. The molecule has 0 spiro atoms. The first kappa shape index (κ1) is 28.9. The van der Waals surface area contributed by atoms with Crippen molar-refractivity contribution in [3.05, 3.63) is 50.1 Å². The van der Waals surface area contributed by atoms with Gasteiger partial charge in [0, 0.05) is 43.1 Å². The van der Waals surface area contributed by atoms with Crippen molar-refractivity contribution in [2.24, 2.45) is 0 Å². The molecule has 6 atom stereocenters. The van der Waals surface area contributed by atoms with Crippen LogP contribution in [0.4, 0.5) is 0 Å². The maximum atomic E-state index is 12.3. The number of ether oxygens (including phenoxy) is 5. The van der Waals surface area contributed by atoms with Crippen molar-refractivity contribution in [1.82, 2.24) is 0 Å². The number of nitro groups is 2. The Morgan fingerprint density at radius 1 is 0.919 bits per heavy atom. The van der Waals surface area contributed by atoms with Crippen LogP contribution < -0.4 is 4.74 Å². The fourth-order valence-corrected chi connectivity index (χ4v) is 4.09. The first-order valence-corrected chi connectivity index (χ1v) is 11.0. The third-order valence-electron chi connectivity index (χ3n) is 5.31. The molecule has 15 nitrogen and oxygen atoms in total. The molecule has 0 fully saturated rings. The van der Waals surface area contributed by atoms with Crippen LogP contribution in [0.5, 0.6) is 5.75 Å². The minimum atomic E-state index is -1.87. The summed E-state index contributed by atoms with van der Waals surface area (Å²) >= 11 is 0. The van der Waals surface area contributed by atoms with Gasteiger partial charge in [-0.05, 0) is 6.07 Å². The van der Waals surface area contributed by atoms with Gasteiger partial charge < -0.3 is 23.7 Å². The summed E-state index contributed by atoms with van der Waals surface area (Å²) in [7, 11) is 0. The maximum Gasteiger partial charge on any atom is 0.303 e. The van der Waals surface area contributed by atoms with Gasteiger partial charge in [-0.15, -0.1) is 0 Å². The number of hydrogen-bond donors (Lipinski definition) is 0. The van der Waals surface area contributed by atoms with Crippen molar-refractivity contribution in [2.75, 3.05) is 13.2 Å². The van der Waals surface area contributed by atoms with E-state index in [0.717, 1.165) is 27.7 Å². The molecule has 0 aromatic heterocycles. The molecule has 2 rings (SSSR count). The molecule has 1 heterocycles. The van der Waals surface area contributed by atoms with Crippen LogP contribution in [0.3, 0.4) is 0 Å². The Kier molecular flexibility index (Phi) is 9.85. The maximum absolute atomic E-state index is 12.3. The van der Waals surface area contributed by atoms with Crippen LogP contribution in [0.25, 0.3) is 0 Å². The van der Waals surface area contributed by atoms with E-state index >= 15 is 0 Å². The Balaban J connectivity index is 2.70. The highest BCUT2D eigenvalue weighted by Crippen LogP contribution is 2.40. The van der Waals surface area contributed by atoms with Crippen LogP contribution in [-0.4, -0.2) is 77.3 Å². The molecule has 0 bridgehead atoms. The van der Waals surface area contributed by atoms with Gasteiger partial charge in [-0.2, -0.15) is 0 Å². The van der Waals surface area contributed by atoms with Crippen molar-refractivity contribution >= 4 is 23.9 Å². The number of para-hydroxylation sites is 1. The van der Waals surface area contributed by atoms with Gasteiger partial charge in [0.15, 0.2) is 18.3 Å². The molecule has 202 valence electrons. The number of rotatable bonds is 11. The Morgan fingerprint density at radius 3 is 2.03 bits per heavy atom. The van der Waals surface area contributed by atoms with Gasteiger partial charge in [-0.3, -0.25) is 39.4 Å². The second-order valence-corrected chi connectivity index (χ2v) is 8.12. The molecule has 3 unspecified atom stereocenters. The summed E-state index contributed by atoms with van der Waals surface area (Å²) in [5.74, 6) is -4.93. The van der Waals surface area contributed by atoms with Crippen LogP contribution in [0.15, 0.2) is 24.3 Å². The number of fused-ring (bicyclic) bond motifs is 1. The summed E-state index contributed by atoms with van der Waals surface area (Å²) in [6, 6.07) is 4.03. The largest absolute Gasteiger partial charge is 0.479 e. The normalized spacial score (nSPS) is 20.6. The van der Waals surface area contributed by atoms with Crippen LogP contribution in [-0.2, 0) is 38.1 Å². The van der Waals surface area contributed by atoms with Crippen molar-refractivity contribution in [3.63, 3.8) is 0 Å². The molecule has 37 heavy (non-hydrogen) atoms. The van der Waals surface area contributed by atoms with Crippen LogP contribution >= 0.6 is 0 Å². The molecule has 15 heteroatoms. The number of hydrogen-bond acceptors (Lipinski definition) is 13. The van der Waals surface area contributed by atoms with Gasteiger partial charge in [-0.1, -0.05) is 18.2 Å². The zero-order valence-corrected chi connectivity index (χ0v) is 20.4. The number of nitrogens with zero attached hydrogens (tertiary/aromatic N) is 2. The third kappa shape index (κ3) is 7.85. The quantitative estimate of drug-likeness (QED) is 0.170. The topological polar surface area (TPSA) is 201 Å². The van der Waals surface area contributed by atoms with Crippen LogP contribution in [0, 0.1) is 20.2 Å². The molecule has 0 radical (unpaired) electrons. The van der Waals surface area contributed by atoms with Gasteiger partial charge in [0.05, 0.1) is 0 Å². The molecule has 0 aliphatic carbocycles. The molecule has 1 aromatic rings. The van der Waals surface area contributed by atoms with E-state index in [0.29, 0.717) is 0 Å². The summed E-state index contributed by atoms with van der Waals surface area (Å²) in [6.45, 7) is 2.47. The van der Waals surface area contributed by atoms with Gasteiger partial charge >= 0.3 is 23.9 Å². The second-order valence-electron chi connectivity index (χ2n) is 8.12. The van der Waals surface area contributed by atoms with Crippen molar-refractivity contribution < 1.29 is 52.7 Å². The first-order valence-electron chi connectivity index (χ1n) is 11.0. The highest BCUT2D eigenvalue weighted by atomic mass is 16.7. The molecule has 0 N–H and O–H groups in total. The third-order valence-corrected chi connectivity index (χ3v) is 5.31. The van der Waals surface area contributed by atoms with E-state index in [1.807, 2.05) is 0 Å². The molecule has 0 amide bonds. The van der Waals surface area contributed by atoms with E-state index < -0.39 is 83.3 Å². The summed E-state index contributed by atoms with van der Waals surface area (Å²) in [5, 5.41) is 23.7. The minimum Gasteiger partial charge on any atom is -0.479 e. The van der Waals surface area contributed by atoms with Gasteiger partial charge in [-0.25, -0.2) is 0 Å². The lowest BCUT2D eigenvalue weighted by Gasteiger charge is -2.40. The zero-order valence-electron chi connectivity index (χ0n) is 20.4. The average Bonchev–Trinajstić information content (AvgIpc) is 2.77. The monoisotopic (exact) mass is 526 g/mol. The summed E-state index contributed by atoms with van der Waals surface area (Å²) in [5.41, 5.74) is 0.180. The first-order chi connectivity index (χ1) is 17.3. The highest BCUT2D eigenvalue weighted by molar-refractivity contribution is 5.69. The summed E-state index contributed by atoms with van der Waals surface area (Å²) < 4.78 is 26.5. The molecule has 1 aromatic carbocycles. The van der Waals surface area contributed by atoms with Crippen molar-refractivity contribution in [1.29, 1.82) is 0 Å². The predicted molar refractivity (Wildman–Crippen MR) is 120 cm³/mol. The highest BCUT2D eigenvalue weighted by Gasteiger charge is 2.57. The van der Waals surface area contributed by atoms with E-state index in [1.165, 1.54) is 24.3 Å². The lowest BCUT2D eigenvalue weighted by molar-refractivity contribution is -0.559. The zero-order chi connectivity index (χ0) is 27.9. The fourth-order valence-electron chi connectivity index (χ4n) is 4.09. The predicted octanol–water partition coefficient (Wildman–Crippen LogP) is 0.811. The number of carbonyl (C=O) groups is 4. The molecule has 0 saturated carbocycles. The van der Waals surface area contributed by atoms with E-state index in [9.17, 15) is 39.4 Å². The smallest absolute Gasteiger partial charge is 0.303 e. The summed E-state index contributed by atoms with van der Waals surface area (Å²) in [4.78, 5) is 69.5. The standard InChI is InChI=1S/C22H26N2O13/c1-11(25)33-10-18(34-12(2)26)20(35-13(3)27)22(36-14(4)28)21-19(24(31)32)16(9-23(29)30)15-7-5-6-8-17(15)37-21/h5-8,16,18-22H,9-10H2,1-4H3/t16?,18-,19?,20+,21?,22-/m1/s1. The Labute approximate surface area is 210 Å². The number of carbonyl (C=O) groups excluding carboxylic acids is 4. The SMILES string of the molecule is CC(=O)OC[C@@H](OC(C)=O)[C@H](OC(C)=O)[C@@H](OC(C)=O)C1Oc2ccccc2C(C[N+](=O)[O-])C1[N+](=O)[O-]. The van der Waals surface area contributed by atoms with Crippen LogP contribution in [0.1, 0.15) is 39.2 Å². The molecular weight excluding hydrogens is 500 g/mol. The number of esters is 4.